The highest BCUT2D eigenvalue weighted by molar-refractivity contribution is 7.18. The van der Waals surface area contributed by atoms with Gasteiger partial charge in [-0.05, 0) is 37.8 Å². The lowest BCUT2D eigenvalue weighted by Crippen LogP contribution is -2.34. The number of nitrogens with one attached hydrogen (secondary N) is 1. The van der Waals surface area contributed by atoms with E-state index in [2.05, 4.69) is 10.3 Å². The van der Waals surface area contributed by atoms with Gasteiger partial charge in [-0.15, -0.1) is 11.3 Å². The maximum Gasteiger partial charge on any atom is 0.262 e. The normalized spacial score (nSPS) is 14.3. The van der Waals surface area contributed by atoms with Gasteiger partial charge >= 0.3 is 0 Å². The first-order valence-electron chi connectivity index (χ1n) is 8.68. The van der Waals surface area contributed by atoms with Crippen LogP contribution in [0.4, 0.5) is 8.78 Å². The molecule has 1 aromatic carbocycles. The van der Waals surface area contributed by atoms with Gasteiger partial charge in [-0.2, -0.15) is 0 Å². The van der Waals surface area contributed by atoms with E-state index in [0.29, 0.717) is 10.2 Å². The third kappa shape index (κ3) is 3.25. The first-order chi connectivity index (χ1) is 12.9. The highest BCUT2D eigenvalue weighted by Gasteiger charge is 2.22. The Labute approximate surface area is 157 Å². The third-order valence-electron chi connectivity index (χ3n) is 4.81. The van der Waals surface area contributed by atoms with Gasteiger partial charge in [-0.1, -0.05) is 6.07 Å². The van der Waals surface area contributed by atoms with Gasteiger partial charge in [0.05, 0.1) is 17.8 Å². The van der Waals surface area contributed by atoms with Gasteiger partial charge in [-0.3, -0.25) is 14.2 Å². The zero-order chi connectivity index (χ0) is 19.1. The number of nitrogens with zero attached hydrogens (tertiary/aromatic N) is 2. The number of aromatic nitrogens is 2. The van der Waals surface area contributed by atoms with Crippen molar-refractivity contribution in [3.63, 3.8) is 0 Å². The fourth-order valence-corrected chi connectivity index (χ4v) is 4.72. The van der Waals surface area contributed by atoms with E-state index >= 15 is 0 Å². The van der Waals surface area contributed by atoms with E-state index in [4.69, 9.17) is 0 Å². The number of thiophene rings is 1. The van der Waals surface area contributed by atoms with Gasteiger partial charge in [0.25, 0.3) is 5.56 Å². The molecule has 1 atom stereocenters. The van der Waals surface area contributed by atoms with Gasteiger partial charge in [0, 0.05) is 16.5 Å². The number of carbonyl (C=O) groups excluding carboxylic acids is 1. The standard InChI is InChI=1S/C19H17F2N3O2S/c1-10(12-6-5-11(20)7-14(12)21)23-16(25)8-24-9-22-18-17(19(24)26)13-3-2-4-15(13)27-18/h5-7,9-10H,2-4,8H2,1H3,(H,23,25)/t10-/m1/s1. The van der Waals surface area contributed by atoms with Crippen LogP contribution in [0.15, 0.2) is 29.3 Å². The second-order valence-electron chi connectivity index (χ2n) is 6.67. The minimum absolute atomic E-state index is 0.182. The molecular weight excluding hydrogens is 372 g/mol. The second-order valence-corrected chi connectivity index (χ2v) is 7.75. The summed E-state index contributed by atoms with van der Waals surface area (Å²) in [5.74, 6) is -1.85. The SMILES string of the molecule is C[C@@H](NC(=O)Cn1cnc2sc3c(c2c1=O)CCC3)c1ccc(F)cc1F. The first-order valence-corrected chi connectivity index (χ1v) is 9.49. The number of hydrogen-bond donors (Lipinski definition) is 1. The van der Waals surface area contributed by atoms with Crippen molar-refractivity contribution in [2.45, 2.75) is 38.8 Å². The number of halogens is 2. The Hall–Kier alpha value is -2.61. The zero-order valence-corrected chi connectivity index (χ0v) is 15.4. The Morgan fingerprint density at radius 3 is 2.96 bits per heavy atom. The molecule has 1 amide bonds. The summed E-state index contributed by atoms with van der Waals surface area (Å²) in [4.78, 5) is 31.4. The fraction of sp³-hybridized carbons (Fsp3) is 0.316. The quantitative estimate of drug-likeness (QED) is 0.746. The molecule has 1 aliphatic rings. The van der Waals surface area contributed by atoms with Crippen molar-refractivity contribution in [1.82, 2.24) is 14.9 Å². The summed E-state index contributed by atoms with van der Waals surface area (Å²) in [6.07, 6.45) is 4.24. The molecule has 1 N–H and O–H groups in total. The summed E-state index contributed by atoms with van der Waals surface area (Å²) in [5.41, 5.74) is 1.01. The minimum Gasteiger partial charge on any atom is -0.348 e. The maximum atomic E-state index is 13.9. The van der Waals surface area contributed by atoms with Crippen molar-refractivity contribution in [2.24, 2.45) is 0 Å². The molecule has 2 heterocycles. The van der Waals surface area contributed by atoms with E-state index < -0.39 is 23.6 Å². The molecule has 0 bridgehead atoms. The number of rotatable bonds is 4. The number of benzene rings is 1. The molecule has 140 valence electrons. The average Bonchev–Trinajstić information content (AvgIpc) is 3.18. The van der Waals surface area contributed by atoms with E-state index in [0.717, 1.165) is 37.0 Å². The van der Waals surface area contributed by atoms with Crippen molar-refractivity contribution >= 4 is 27.5 Å². The number of carbonyl (C=O) groups is 1. The largest absolute Gasteiger partial charge is 0.348 e. The molecule has 0 spiro atoms. The van der Waals surface area contributed by atoms with E-state index in [9.17, 15) is 18.4 Å². The highest BCUT2D eigenvalue weighted by Crippen LogP contribution is 2.34. The predicted octanol–water partition coefficient (Wildman–Crippen LogP) is 3.10. The van der Waals surface area contributed by atoms with Crippen molar-refractivity contribution in [2.75, 3.05) is 0 Å². The highest BCUT2D eigenvalue weighted by atomic mass is 32.1. The molecule has 0 unspecified atom stereocenters. The molecule has 0 fully saturated rings. The van der Waals surface area contributed by atoms with Crippen LogP contribution in [0.5, 0.6) is 0 Å². The molecule has 8 heteroatoms. The molecule has 0 saturated carbocycles. The van der Waals surface area contributed by atoms with Crippen LogP contribution in [-0.2, 0) is 24.2 Å². The van der Waals surface area contributed by atoms with E-state index in [-0.39, 0.29) is 17.7 Å². The summed E-state index contributed by atoms with van der Waals surface area (Å²) >= 11 is 1.54. The monoisotopic (exact) mass is 389 g/mol. The van der Waals surface area contributed by atoms with Crippen LogP contribution in [0, 0.1) is 11.6 Å². The molecule has 2 aromatic heterocycles. The Balaban J connectivity index is 1.54. The molecular formula is C19H17F2N3O2S. The Morgan fingerprint density at radius 2 is 2.19 bits per heavy atom. The lowest BCUT2D eigenvalue weighted by molar-refractivity contribution is -0.122. The molecule has 4 rings (SSSR count). The van der Waals surface area contributed by atoms with Crippen LogP contribution in [-0.4, -0.2) is 15.5 Å². The Morgan fingerprint density at radius 1 is 1.37 bits per heavy atom. The van der Waals surface area contributed by atoms with Crippen molar-refractivity contribution in [1.29, 1.82) is 0 Å². The molecule has 1 aliphatic carbocycles. The fourth-order valence-electron chi connectivity index (χ4n) is 3.50. The summed E-state index contributed by atoms with van der Waals surface area (Å²) in [6, 6.07) is 2.55. The van der Waals surface area contributed by atoms with E-state index in [1.54, 1.807) is 18.3 Å². The molecule has 27 heavy (non-hydrogen) atoms. The topological polar surface area (TPSA) is 64.0 Å². The lowest BCUT2D eigenvalue weighted by atomic mass is 10.1. The summed E-state index contributed by atoms with van der Waals surface area (Å²) in [5, 5.41) is 3.25. The van der Waals surface area contributed by atoms with Gasteiger partial charge in [0.2, 0.25) is 5.91 Å². The predicted molar refractivity (Wildman–Crippen MR) is 98.8 cm³/mol. The molecule has 0 radical (unpaired) electrons. The van der Waals surface area contributed by atoms with Crippen LogP contribution < -0.4 is 10.9 Å². The summed E-state index contributed by atoms with van der Waals surface area (Å²) in [7, 11) is 0. The number of aryl methyl sites for hydroxylation is 2. The average molecular weight is 389 g/mol. The van der Waals surface area contributed by atoms with Gasteiger partial charge < -0.3 is 5.32 Å². The molecule has 0 saturated heterocycles. The van der Waals surface area contributed by atoms with Crippen LogP contribution in [0.2, 0.25) is 0 Å². The third-order valence-corrected chi connectivity index (χ3v) is 6.01. The lowest BCUT2D eigenvalue weighted by Gasteiger charge is -2.15. The number of hydrogen-bond acceptors (Lipinski definition) is 4. The minimum atomic E-state index is -0.725. The maximum absolute atomic E-state index is 13.9. The van der Waals surface area contributed by atoms with Crippen LogP contribution in [0.25, 0.3) is 10.2 Å². The summed E-state index contributed by atoms with van der Waals surface area (Å²) in [6.45, 7) is 1.39. The summed E-state index contributed by atoms with van der Waals surface area (Å²) < 4.78 is 28.2. The molecule has 3 aromatic rings. The first kappa shape index (κ1) is 17.8. The van der Waals surface area contributed by atoms with Crippen molar-refractivity contribution in [3.8, 4) is 0 Å². The van der Waals surface area contributed by atoms with Crippen molar-refractivity contribution < 1.29 is 13.6 Å². The smallest absolute Gasteiger partial charge is 0.262 e. The van der Waals surface area contributed by atoms with Crippen LogP contribution in [0.3, 0.4) is 0 Å². The van der Waals surface area contributed by atoms with Gasteiger partial charge in [0.15, 0.2) is 0 Å². The molecule has 0 aliphatic heterocycles. The van der Waals surface area contributed by atoms with Gasteiger partial charge in [0.1, 0.15) is 23.0 Å². The van der Waals surface area contributed by atoms with Gasteiger partial charge in [-0.25, -0.2) is 13.8 Å². The molecule has 5 nitrogen and oxygen atoms in total. The van der Waals surface area contributed by atoms with Crippen LogP contribution in [0.1, 0.15) is 35.4 Å². The number of fused-ring (bicyclic) bond motifs is 3. The Bertz CT molecular complexity index is 1110. The van der Waals surface area contributed by atoms with E-state index in [1.165, 1.54) is 21.8 Å². The van der Waals surface area contributed by atoms with Crippen molar-refractivity contribution in [3.05, 3.63) is 62.5 Å². The zero-order valence-electron chi connectivity index (χ0n) is 14.6. The Kier molecular flexibility index (Phi) is 4.51. The van der Waals surface area contributed by atoms with E-state index in [1.807, 2.05) is 0 Å². The van der Waals surface area contributed by atoms with Crippen LogP contribution >= 0.6 is 11.3 Å². The number of amides is 1. The second kappa shape index (κ2) is 6.84.